The zero-order valence-corrected chi connectivity index (χ0v) is 11.4. The number of hydrogen-bond donors (Lipinski definition) is 0. The van der Waals surface area contributed by atoms with Gasteiger partial charge in [0.05, 0.1) is 6.67 Å². The third-order valence-corrected chi connectivity index (χ3v) is 3.49. The second kappa shape index (κ2) is 6.31. The van der Waals surface area contributed by atoms with E-state index in [0.29, 0.717) is 6.42 Å². The summed E-state index contributed by atoms with van der Waals surface area (Å²) < 4.78 is 13.1. The molecule has 0 radical (unpaired) electrons. The molecule has 0 aromatic carbocycles. The lowest BCUT2D eigenvalue weighted by molar-refractivity contribution is 0.244. The maximum Gasteiger partial charge on any atom is 0.128 e. The maximum absolute atomic E-state index is 12.1. The SMILES string of the molecule is FCCCN1CCN(c2ccc(Br)cn2)CC1. The minimum absolute atomic E-state index is 0.214. The molecule has 0 saturated carbocycles. The van der Waals surface area contributed by atoms with Crippen LogP contribution in [0.25, 0.3) is 0 Å². The van der Waals surface area contributed by atoms with Crippen molar-refractivity contribution in [2.24, 2.45) is 0 Å². The van der Waals surface area contributed by atoms with Gasteiger partial charge in [-0.15, -0.1) is 0 Å². The van der Waals surface area contributed by atoms with Crippen molar-refractivity contribution < 1.29 is 4.39 Å². The van der Waals surface area contributed by atoms with E-state index in [2.05, 4.69) is 30.7 Å². The van der Waals surface area contributed by atoms with E-state index in [4.69, 9.17) is 0 Å². The predicted molar refractivity (Wildman–Crippen MR) is 71.2 cm³/mol. The fraction of sp³-hybridized carbons (Fsp3) is 0.583. The van der Waals surface area contributed by atoms with E-state index in [0.717, 1.165) is 43.0 Å². The molecule has 1 aromatic rings. The summed E-state index contributed by atoms with van der Waals surface area (Å²) >= 11 is 3.38. The Labute approximate surface area is 110 Å². The molecule has 0 atom stereocenters. The molecule has 0 N–H and O–H groups in total. The number of hydrogen-bond acceptors (Lipinski definition) is 3. The van der Waals surface area contributed by atoms with Crippen LogP contribution in [0.4, 0.5) is 10.2 Å². The highest BCUT2D eigenvalue weighted by molar-refractivity contribution is 9.10. The molecule has 0 bridgehead atoms. The second-order valence-corrected chi connectivity index (χ2v) is 5.12. The lowest BCUT2D eigenvalue weighted by atomic mass is 10.3. The molecular formula is C12H17BrFN3. The van der Waals surface area contributed by atoms with E-state index in [1.807, 2.05) is 18.3 Å². The number of nitrogens with zero attached hydrogens (tertiary/aromatic N) is 3. The number of halogens is 2. The fourth-order valence-electron chi connectivity index (χ4n) is 2.04. The number of anilines is 1. The minimum atomic E-state index is -0.214. The maximum atomic E-state index is 12.1. The molecule has 1 aliphatic heterocycles. The van der Waals surface area contributed by atoms with Crippen LogP contribution < -0.4 is 4.90 Å². The molecule has 2 heterocycles. The van der Waals surface area contributed by atoms with E-state index in [1.54, 1.807) is 0 Å². The molecule has 1 aromatic heterocycles. The van der Waals surface area contributed by atoms with Gasteiger partial charge in [0.1, 0.15) is 5.82 Å². The summed E-state index contributed by atoms with van der Waals surface area (Å²) in [6, 6.07) is 4.04. The Morgan fingerprint density at radius 2 is 2.00 bits per heavy atom. The molecular weight excluding hydrogens is 285 g/mol. The van der Waals surface area contributed by atoms with Crippen molar-refractivity contribution in [3.8, 4) is 0 Å². The van der Waals surface area contributed by atoms with Gasteiger partial charge < -0.3 is 4.90 Å². The first-order valence-electron chi connectivity index (χ1n) is 5.94. The summed E-state index contributed by atoms with van der Waals surface area (Å²) in [7, 11) is 0. The highest BCUT2D eigenvalue weighted by atomic mass is 79.9. The van der Waals surface area contributed by atoms with Gasteiger partial charge in [0.2, 0.25) is 0 Å². The van der Waals surface area contributed by atoms with Crippen LogP contribution in [0.3, 0.4) is 0 Å². The Morgan fingerprint density at radius 3 is 2.59 bits per heavy atom. The van der Waals surface area contributed by atoms with Crippen LogP contribution in [0.2, 0.25) is 0 Å². The average Bonchev–Trinajstić information content (AvgIpc) is 2.38. The first-order chi connectivity index (χ1) is 8.29. The Morgan fingerprint density at radius 1 is 1.24 bits per heavy atom. The first kappa shape index (κ1) is 12.8. The van der Waals surface area contributed by atoms with Crippen molar-refractivity contribution >= 4 is 21.7 Å². The normalized spacial score (nSPS) is 17.4. The number of alkyl halides is 1. The predicted octanol–water partition coefficient (Wildman–Crippen LogP) is 2.33. The summed E-state index contributed by atoms with van der Waals surface area (Å²) in [6.45, 7) is 4.60. The molecule has 17 heavy (non-hydrogen) atoms. The highest BCUT2D eigenvalue weighted by Gasteiger charge is 2.17. The standard InChI is InChI=1S/C12H17BrFN3/c13-11-2-3-12(15-10-11)17-8-6-16(7-9-17)5-1-4-14/h2-3,10H,1,4-9H2. The van der Waals surface area contributed by atoms with Crippen LogP contribution in [-0.2, 0) is 0 Å². The van der Waals surface area contributed by atoms with Crippen molar-refractivity contribution in [3.05, 3.63) is 22.8 Å². The third-order valence-electron chi connectivity index (χ3n) is 3.02. The third kappa shape index (κ3) is 3.64. The largest absolute Gasteiger partial charge is 0.354 e. The monoisotopic (exact) mass is 301 g/mol. The Hall–Kier alpha value is -0.680. The van der Waals surface area contributed by atoms with Crippen molar-refractivity contribution in [1.82, 2.24) is 9.88 Å². The van der Waals surface area contributed by atoms with Gasteiger partial charge in [0, 0.05) is 43.4 Å². The zero-order chi connectivity index (χ0) is 12.1. The number of piperazine rings is 1. The molecule has 2 rings (SSSR count). The Balaban J connectivity index is 1.84. The molecule has 3 nitrogen and oxygen atoms in total. The van der Waals surface area contributed by atoms with Gasteiger partial charge in [0.25, 0.3) is 0 Å². The Kier molecular flexibility index (Phi) is 4.74. The van der Waals surface area contributed by atoms with Gasteiger partial charge in [-0.3, -0.25) is 9.29 Å². The van der Waals surface area contributed by atoms with Crippen molar-refractivity contribution in [1.29, 1.82) is 0 Å². The van der Waals surface area contributed by atoms with Crippen LogP contribution >= 0.6 is 15.9 Å². The molecule has 94 valence electrons. The van der Waals surface area contributed by atoms with E-state index in [1.165, 1.54) is 0 Å². The highest BCUT2D eigenvalue weighted by Crippen LogP contribution is 2.16. The smallest absolute Gasteiger partial charge is 0.128 e. The summed E-state index contributed by atoms with van der Waals surface area (Å²) in [4.78, 5) is 8.98. The molecule has 0 spiro atoms. The second-order valence-electron chi connectivity index (χ2n) is 4.21. The molecule has 0 amide bonds. The quantitative estimate of drug-likeness (QED) is 0.851. The molecule has 5 heteroatoms. The Bertz CT molecular complexity index is 336. The van der Waals surface area contributed by atoms with E-state index < -0.39 is 0 Å². The van der Waals surface area contributed by atoms with Gasteiger partial charge in [-0.1, -0.05) is 0 Å². The van der Waals surface area contributed by atoms with Gasteiger partial charge in [0.15, 0.2) is 0 Å². The van der Waals surface area contributed by atoms with E-state index >= 15 is 0 Å². The lowest BCUT2D eigenvalue weighted by Gasteiger charge is -2.35. The number of aromatic nitrogens is 1. The van der Waals surface area contributed by atoms with E-state index in [9.17, 15) is 4.39 Å². The summed E-state index contributed by atoms with van der Waals surface area (Å²) in [5.41, 5.74) is 0. The van der Waals surface area contributed by atoms with Gasteiger partial charge in [-0.25, -0.2) is 4.98 Å². The zero-order valence-electron chi connectivity index (χ0n) is 9.78. The van der Waals surface area contributed by atoms with Crippen LogP contribution in [0.1, 0.15) is 6.42 Å². The summed E-state index contributed by atoms with van der Waals surface area (Å²) in [5.74, 6) is 1.03. The molecule has 0 aliphatic carbocycles. The number of pyridine rings is 1. The first-order valence-corrected chi connectivity index (χ1v) is 6.74. The van der Waals surface area contributed by atoms with Crippen molar-refractivity contribution in [2.45, 2.75) is 6.42 Å². The van der Waals surface area contributed by atoms with Gasteiger partial charge >= 0.3 is 0 Å². The summed E-state index contributed by atoms with van der Waals surface area (Å²) in [5, 5.41) is 0. The van der Waals surface area contributed by atoms with Crippen molar-refractivity contribution in [3.63, 3.8) is 0 Å². The van der Waals surface area contributed by atoms with Crippen LogP contribution in [0.5, 0.6) is 0 Å². The molecule has 1 saturated heterocycles. The van der Waals surface area contributed by atoms with Crippen molar-refractivity contribution in [2.75, 3.05) is 44.3 Å². The topological polar surface area (TPSA) is 19.4 Å². The molecule has 0 unspecified atom stereocenters. The van der Waals surface area contributed by atoms with Gasteiger partial charge in [-0.2, -0.15) is 0 Å². The number of rotatable bonds is 4. The van der Waals surface area contributed by atoms with Gasteiger partial charge in [-0.05, 0) is 34.5 Å². The minimum Gasteiger partial charge on any atom is -0.354 e. The van der Waals surface area contributed by atoms with Crippen LogP contribution in [0.15, 0.2) is 22.8 Å². The van der Waals surface area contributed by atoms with Crippen LogP contribution in [-0.4, -0.2) is 49.3 Å². The molecule has 1 aliphatic rings. The van der Waals surface area contributed by atoms with Crippen LogP contribution in [0, 0.1) is 0 Å². The molecule has 1 fully saturated rings. The van der Waals surface area contributed by atoms with E-state index in [-0.39, 0.29) is 6.67 Å². The lowest BCUT2D eigenvalue weighted by Crippen LogP contribution is -2.47. The summed E-state index contributed by atoms with van der Waals surface area (Å²) in [6.07, 6.45) is 2.47. The average molecular weight is 302 g/mol. The fourth-order valence-corrected chi connectivity index (χ4v) is 2.27.